The van der Waals surface area contributed by atoms with Crippen LogP contribution in [0.4, 0.5) is 21.6 Å². The van der Waals surface area contributed by atoms with Gasteiger partial charge in [0.05, 0.1) is 47.7 Å². The van der Waals surface area contributed by atoms with Gasteiger partial charge in [0.25, 0.3) is 5.91 Å². The standard InChI is InChI=1S/C27H28FN7O2/c1-27(2,29)22-15-34(9-10-37-22)17-3-6-23(30-12-17)33-20-5-4-18(19-13-32-26(36)25(19)20)21-14-31-24-11-16(28)7-8-35(21)24/h3-8,11-12,14,22H,9-10,13,15,29H2,1-2H3,(H,30,33)(H,32,36). The quantitative estimate of drug-likeness (QED) is 0.384. The average molecular weight is 502 g/mol. The summed E-state index contributed by atoms with van der Waals surface area (Å²) in [5, 5.41) is 6.23. The summed E-state index contributed by atoms with van der Waals surface area (Å²) >= 11 is 0. The summed E-state index contributed by atoms with van der Waals surface area (Å²) in [6.07, 6.45) is 5.10. The number of pyridine rings is 2. The predicted octanol–water partition coefficient (Wildman–Crippen LogP) is 3.46. The van der Waals surface area contributed by atoms with Gasteiger partial charge in [0, 0.05) is 43.0 Å². The third-order valence-electron chi connectivity index (χ3n) is 6.99. The molecule has 2 aliphatic heterocycles. The number of halogens is 1. The summed E-state index contributed by atoms with van der Waals surface area (Å²) in [7, 11) is 0. The van der Waals surface area contributed by atoms with Crippen LogP contribution < -0.4 is 21.3 Å². The first-order valence-corrected chi connectivity index (χ1v) is 12.2. The summed E-state index contributed by atoms with van der Waals surface area (Å²) in [6, 6.07) is 10.5. The van der Waals surface area contributed by atoms with Gasteiger partial charge >= 0.3 is 0 Å². The molecule has 4 N–H and O–H groups in total. The molecular formula is C27H28FN7O2. The van der Waals surface area contributed by atoms with E-state index in [0.29, 0.717) is 42.4 Å². The molecule has 5 heterocycles. The van der Waals surface area contributed by atoms with E-state index >= 15 is 0 Å². The minimum atomic E-state index is -0.430. The van der Waals surface area contributed by atoms with Crippen LogP contribution in [-0.2, 0) is 11.3 Å². The van der Waals surface area contributed by atoms with Crippen LogP contribution in [0.5, 0.6) is 0 Å². The lowest BCUT2D eigenvalue weighted by Crippen LogP contribution is -2.56. The van der Waals surface area contributed by atoms with Gasteiger partial charge in [0.1, 0.15) is 17.3 Å². The molecule has 0 bridgehead atoms. The van der Waals surface area contributed by atoms with Gasteiger partial charge in [-0.2, -0.15) is 0 Å². The first-order valence-electron chi connectivity index (χ1n) is 12.2. The zero-order valence-corrected chi connectivity index (χ0v) is 20.7. The van der Waals surface area contributed by atoms with Gasteiger partial charge in [0.15, 0.2) is 0 Å². The number of fused-ring (bicyclic) bond motifs is 2. The highest BCUT2D eigenvalue weighted by atomic mass is 19.1. The molecule has 0 saturated carbocycles. The normalized spacial score (nSPS) is 17.7. The van der Waals surface area contributed by atoms with Gasteiger partial charge in [-0.1, -0.05) is 6.07 Å². The second-order valence-corrected chi connectivity index (χ2v) is 10.1. The number of benzene rings is 1. The number of carbonyl (C=O) groups is 1. The van der Waals surface area contributed by atoms with Crippen LogP contribution in [0.2, 0.25) is 0 Å². The third kappa shape index (κ3) is 4.28. The third-order valence-corrected chi connectivity index (χ3v) is 6.99. The van der Waals surface area contributed by atoms with Crippen molar-refractivity contribution in [2.75, 3.05) is 29.9 Å². The molecule has 9 nitrogen and oxygen atoms in total. The molecule has 1 aromatic carbocycles. The fourth-order valence-corrected chi connectivity index (χ4v) is 4.97. The van der Waals surface area contributed by atoms with Gasteiger partial charge in [0.2, 0.25) is 0 Å². The van der Waals surface area contributed by atoms with Crippen molar-refractivity contribution in [1.82, 2.24) is 19.7 Å². The molecule has 3 aromatic heterocycles. The number of aromatic nitrogens is 3. The highest BCUT2D eigenvalue weighted by Crippen LogP contribution is 2.35. The van der Waals surface area contributed by atoms with E-state index in [0.717, 1.165) is 29.1 Å². The van der Waals surface area contributed by atoms with Crippen LogP contribution in [0.15, 0.2) is 55.0 Å². The average Bonchev–Trinajstić information content (AvgIpc) is 3.48. The smallest absolute Gasteiger partial charge is 0.254 e. The Hall–Kier alpha value is -4.02. The SMILES string of the molecule is CC(C)(N)C1CN(c2ccc(Nc3ccc(-c4cnc5cc(F)ccn45)c4c3C(=O)NC4)nc2)CCO1. The van der Waals surface area contributed by atoms with E-state index in [-0.39, 0.29) is 17.8 Å². The molecule has 0 aliphatic carbocycles. The van der Waals surface area contributed by atoms with Crippen molar-refractivity contribution < 1.29 is 13.9 Å². The first kappa shape index (κ1) is 23.4. The molecular weight excluding hydrogens is 473 g/mol. The predicted molar refractivity (Wildman–Crippen MR) is 139 cm³/mol. The summed E-state index contributed by atoms with van der Waals surface area (Å²) in [5.74, 6) is 0.133. The van der Waals surface area contributed by atoms with Crippen LogP contribution in [-0.4, -0.2) is 51.6 Å². The molecule has 4 aromatic rings. The Bertz CT molecular complexity index is 1490. The molecule has 37 heavy (non-hydrogen) atoms. The summed E-state index contributed by atoms with van der Waals surface area (Å²) in [4.78, 5) is 24.0. The highest BCUT2D eigenvalue weighted by molar-refractivity contribution is 6.06. The van der Waals surface area contributed by atoms with Crippen LogP contribution >= 0.6 is 0 Å². The number of anilines is 3. The van der Waals surface area contributed by atoms with E-state index in [1.807, 2.05) is 48.7 Å². The molecule has 2 aliphatic rings. The van der Waals surface area contributed by atoms with Crippen LogP contribution in [0.3, 0.4) is 0 Å². The molecule has 190 valence electrons. The minimum Gasteiger partial charge on any atom is -0.373 e. The number of hydrogen-bond donors (Lipinski definition) is 3. The Kier molecular flexibility index (Phi) is 5.58. The maximum Gasteiger partial charge on any atom is 0.254 e. The zero-order valence-electron chi connectivity index (χ0n) is 20.7. The lowest BCUT2D eigenvalue weighted by Gasteiger charge is -2.40. The fourth-order valence-electron chi connectivity index (χ4n) is 4.97. The summed E-state index contributed by atoms with van der Waals surface area (Å²) < 4.78 is 21.3. The van der Waals surface area contributed by atoms with Gasteiger partial charge in [-0.25, -0.2) is 14.4 Å². The molecule has 0 spiro atoms. The van der Waals surface area contributed by atoms with Crippen LogP contribution in [0.25, 0.3) is 16.9 Å². The summed E-state index contributed by atoms with van der Waals surface area (Å²) in [6.45, 7) is 6.42. The number of ether oxygens (including phenoxy) is 1. The van der Waals surface area contributed by atoms with Crippen molar-refractivity contribution in [2.24, 2.45) is 5.73 Å². The molecule has 0 radical (unpaired) electrons. The Morgan fingerprint density at radius 1 is 1.19 bits per heavy atom. The monoisotopic (exact) mass is 501 g/mol. The maximum atomic E-state index is 13.6. The fraction of sp³-hybridized carbons (Fsp3) is 0.296. The Balaban J connectivity index is 1.27. The molecule has 1 saturated heterocycles. The van der Waals surface area contributed by atoms with Gasteiger partial charge in [-0.3, -0.25) is 9.20 Å². The highest BCUT2D eigenvalue weighted by Gasteiger charge is 2.31. The number of carbonyl (C=O) groups excluding carboxylic acids is 1. The number of nitrogens with one attached hydrogen (secondary N) is 2. The van der Waals surface area contributed by atoms with E-state index in [9.17, 15) is 9.18 Å². The molecule has 1 unspecified atom stereocenters. The van der Waals surface area contributed by atoms with Crippen molar-refractivity contribution in [3.05, 3.63) is 71.9 Å². The minimum absolute atomic E-state index is 0.0643. The van der Waals surface area contributed by atoms with E-state index in [4.69, 9.17) is 10.5 Å². The Morgan fingerprint density at radius 2 is 2.05 bits per heavy atom. The number of imidazole rings is 1. The zero-order chi connectivity index (χ0) is 25.7. The molecule has 1 amide bonds. The lowest BCUT2D eigenvalue weighted by atomic mass is 9.97. The largest absolute Gasteiger partial charge is 0.373 e. The number of nitrogens with zero attached hydrogens (tertiary/aromatic N) is 4. The van der Waals surface area contributed by atoms with Gasteiger partial charge in [-0.15, -0.1) is 0 Å². The van der Waals surface area contributed by atoms with Gasteiger partial charge in [-0.05, 0) is 43.7 Å². The number of nitrogens with two attached hydrogens (primary N) is 1. The molecule has 6 rings (SSSR count). The van der Waals surface area contributed by atoms with Crippen molar-refractivity contribution in [3.8, 4) is 11.3 Å². The van der Waals surface area contributed by atoms with Crippen molar-refractivity contribution >= 4 is 28.7 Å². The number of morpholine rings is 1. The summed E-state index contributed by atoms with van der Waals surface area (Å²) in [5.41, 5.74) is 11.1. The first-order chi connectivity index (χ1) is 17.8. The van der Waals surface area contributed by atoms with E-state index in [1.54, 1.807) is 12.4 Å². The van der Waals surface area contributed by atoms with Crippen molar-refractivity contribution in [1.29, 1.82) is 0 Å². The topological polar surface area (TPSA) is 110 Å². The van der Waals surface area contributed by atoms with Gasteiger partial charge < -0.3 is 26.0 Å². The maximum absolute atomic E-state index is 13.6. The van der Waals surface area contributed by atoms with Crippen molar-refractivity contribution in [2.45, 2.75) is 32.0 Å². The number of amides is 1. The van der Waals surface area contributed by atoms with Crippen molar-refractivity contribution in [3.63, 3.8) is 0 Å². The molecule has 1 atom stereocenters. The second-order valence-electron chi connectivity index (χ2n) is 10.1. The van der Waals surface area contributed by atoms with E-state index in [2.05, 4.69) is 25.5 Å². The number of hydrogen-bond acceptors (Lipinski definition) is 7. The Morgan fingerprint density at radius 3 is 2.84 bits per heavy atom. The van der Waals surface area contributed by atoms with Crippen LogP contribution in [0.1, 0.15) is 29.8 Å². The van der Waals surface area contributed by atoms with E-state index < -0.39 is 5.54 Å². The second kappa shape index (κ2) is 8.82. The lowest BCUT2D eigenvalue weighted by molar-refractivity contribution is -0.000226. The van der Waals surface area contributed by atoms with E-state index in [1.165, 1.54) is 12.1 Å². The number of rotatable bonds is 5. The Labute approximate surface area is 213 Å². The molecule has 1 fully saturated rings. The van der Waals surface area contributed by atoms with Crippen LogP contribution in [0, 0.1) is 5.82 Å². The molecule has 10 heteroatoms.